The van der Waals surface area contributed by atoms with Crippen LogP contribution in [-0.2, 0) is 9.59 Å². The van der Waals surface area contributed by atoms with Crippen LogP contribution < -0.4 is 0 Å². The van der Waals surface area contributed by atoms with Crippen LogP contribution in [-0.4, -0.2) is 34.3 Å². The summed E-state index contributed by atoms with van der Waals surface area (Å²) in [6, 6.07) is 6.09. The fourth-order valence-electron chi connectivity index (χ4n) is 5.01. The molecule has 38 heavy (non-hydrogen) atoms. The first-order valence-corrected chi connectivity index (χ1v) is 14.3. The van der Waals surface area contributed by atoms with Crippen LogP contribution in [0.4, 0.5) is 0 Å². The van der Waals surface area contributed by atoms with Crippen LogP contribution in [0.5, 0.6) is 0 Å². The van der Waals surface area contributed by atoms with E-state index in [1.54, 1.807) is 24.3 Å². The second-order valence-corrected chi connectivity index (χ2v) is 15.0. The van der Waals surface area contributed by atoms with Gasteiger partial charge in [0.25, 0.3) is 11.8 Å². The monoisotopic (exact) mass is 525 g/mol. The van der Waals surface area contributed by atoms with E-state index in [-0.39, 0.29) is 28.4 Å². The molecular weight excluding hydrogens is 474 g/mol. The Morgan fingerprint density at radius 2 is 1.29 bits per heavy atom. The standard InChI is InChI=1S/C19H25NO3.C14H26O/c1-12(2)10-11-15(16(21)19(3,4)5)20-17(22)13-8-6-7-9-14(13)18(20)23;1-12(2,3)7-8-14(9-10-14)11(15)13(4,5)6/h6-9,12,15H,10-11H2,1-5H3;7-10H2,1-6H3. The van der Waals surface area contributed by atoms with Crippen molar-refractivity contribution in [3.8, 4) is 0 Å². The largest absolute Gasteiger partial charge is 0.298 e. The van der Waals surface area contributed by atoms with Gasteiger partial charge in [-0.25, -0.2) is 0 Å². The van der Waals surface area contributed by atoms with Gasteiger partial charge >= 0.3 is 0 Å². The summed E-state index contributed by atoms with van der Waals surface area (Å²) in [4.78, 5) is 51.7. The Morgan fingerprint density at radius 3 is 1.63 bits per heavy atom. The van der Waals surface area contributed by atoms with Crippen molar-refractivity contribution in [1.82, 2.24) is 4.90 Å². The minimum atomic E-state index is -0.690. The lowest BCUT2D eigenvalue weighted by atomic mass is 9.76. The third-order valence-electron chi connectivity index (χ3n) is 7.57. The molecule has 1 unspecified atom stereocenters. The topological polar surface area (TPSA) is 71.5 Å². The maximum atomic E-state index is 12.9. The van der Waals surface area contributed by atoms with Gasteiger partial charge in [0.2, 0.25) is 0 Å². The lowest BCUT2D eigenvalue weighted by Crippen LogP contribution is -2.48. The van der Waals surface area contributed by atoms with E-state index >= 15 is 0 Å². The van der Waals surface area contributed by atoms with Gasteiger partial charge < -0.3 is 0 Å². The summed E-state index contributed by atoms with van der Waals surface area (Å²) in [6.07, 6.45) is 5.80. The summed E-state index contributed by atoms with van der Waals surface area (Å²) < 4.78 is 0. The molecule has 5 heteroatoms. The maximum absolute atomic E-state index is 12.9. The molecule has 1 saturated carbocycles. The summed E-state index contributed by atoms with van der Waals surface area (Å²) in [5, 5.41) is 0. The summed E-state index contributed by atoms with van der Waals surface area (Å²) in [5.41, 5.74) is 0.451. The molecule has 1 aliphatic carbocycles. The minimum Gasteiger partial charge on any atom is -0.298 e. The molecular formula is C33H51NO4. The second kappa shape index (κ2) is 11.4. The third-order valence-corrected chi connectivity index (χ3v) is 7.57. The Bertz CT molecular complexity index is 1010. The van der Waals surface area contributed by atoms with Gasteiger partial charge in [-0.3, -0.25) is 24.1 Å². The zero-order chi connectivity index (χ0) is 29.3. The van der Waals surface area contributed by atoms with E-state index < -0.39 is 11.5 Å². The van der Waals surface area contributed by atoms with E-state index in [1.807, 2.05) is 41.5 Å². The van der Waals surface area contributed by atoms with E-state index in [0.29, 0.717) is 34.7 Å². The van der Waals surface area contributed by atoms with Crippen LogP contribution in [0.2, 0.25) is 0 Å². The number of ketones is 2. The number of carbonyl (C=O) groups excluding carboxylic acids is 4. The first-order chi connectivity index (χ1) is 17.2. The van der Waals surface area contributed by atoms with E-state index in [2.05, 4.69) is 34.6 Å². The van der Waals surface area contributed by atoms with Gasteiger partial charge in [0.05, 0.1) is 17.2 Å². The molecule has 1 aromatic rings. The van der Waals surface area contributed by atoms with Crippen LogP contribution >= 0.6 is 0 Å². The van der Waals surface area contributed by atoms with Crippen molar-refractivity contribution in [2.24, 2.45) is 27.6 Å². The van der Waals surface area contributed by atoms with Crippen LogP contribution in [0.3, 0.4) is 0 Å². The number of Topliss-reactive ketones (excluding diaryl/α,β-unsaturated/α-hetero) is 2. The number of rotatable bonds is 8. The minimum absolute atomic E-state index is 0.0610. The molecule has 2 amide bonds. The van der Waals surface area contributed by atoms with Gasteiger partial charge in [0, 0.05) is 16.2 Å². The lowest BCUT2D eigenvalue weighted by Gasteiger charge is -2.31. The lowest BCUT2D eigenvalue weighted by molar-refractivity contribution is -0.132. The molecule has 1 atom stereocenters. The highest BCUT2D eigenvalue weighted by atomic mass is 16.2. The molecule has 1 fully saturated rings. The van der Waals surface area contributed by atoms with Crippen LogP contribution in [0.25, 0.3) is 0 Å². The molecule has 212 valence electrons. The fraction of sp³-hybridized carbons (Fsp3) is 0.697. The molecule has 0 spiro atoms. The molecule has 5 nitrogen and oxygen atoms in total. The van der Waals surface area contributed by atoms with Gasteiger partial charge in [-0.2, -0.15) is 0 Å². The quantitative estimate of drug-likeness (QED) is 0.323. The van der Waals surface area contributed by atoms with Gasteiger partial charge in [-0.15, -0.1) is 0 Å². The highest BCUT2D eigenvalue weighted by molar-refractivity contribution is 6.23. The predicted molar refractivity (Wildman–Crippen MR) is 154 cm³/mol. The average Bonchev–Trinajstić information content (AvgIpc) is 3.54. The number of hydrogen-bond donors (Lipinski definition) is 0. The molecule has 0 saturated heterocycles. The van der Waals surface area contributed by atoms with Gasteiger partial charge in [-0.05, 0) is 62.0 Å². The molecule has 1 heterocycles. The number of fused-ring (bicyclic) bond motifs is 1. The Labute approximate surface area is 231 Å². The Morgan fingerprint density at radius 1 is 0.816 bits per heavy atom. The first-order valence-electron chi connectivity index (χ1n) is 14.3. The normalized spacial score (nSPS) is 17.6. The first kappa shape index (κ1) is 31.9. The van der Waals surface area contributed by atoms with Crippen LogP contribution in [0, 0.1) is 27.6 Å². The van der Waals surface area contributed by atoms with Crippen LogP contribution in [0.1, 0.15) is 135 Å². The zero-order valence-corrected chi connectivity index (χ0v) is 25.8. The Kier molecular flexibility index (Phi) is 9.61. The summed E-state index contributed by atoms with van der Waals surface area (Å²) in [6.45, 7) is 22.5. The third kappa shape index (κ3) is 7.86. The number of amides is 2. The number of benzene rings is 1. The highest BCUT2D eigenvalue weighted by Gasteiger charge is 2.52. The van der Waals surface area contributed by atoms with Crippen molar-refractivity contribution in [1.29, 1.82) is 0 Å². The molecule has 3 rings (SSSR count). The van der Waals surface area contributed by atoms with Crippen molar-refractivity contribution in [2.75, 3.05) is 0 Å². The van der Waals surface area contributed by atoms with Gasteiger partial charge in [0.15, 0.2) is 5.78 Å². The highest BCUT2D eigenvalue weighted by Crippen LogP contribution is 2.55. The van der Waals surface area contributed by atoms with Crippen molar-refractivity contribution in [3.63, 3.8) is 0 Å². The van der Waals surface area contributed by atoms with Crippen molar-refractivity contribution in [3.05, 3.63) is 35.4 Å². The molecule has 2 aliphatic rings. The van der Waals surface area contributed by atoms with Crippen molar-refractivity contribution >= 4 is 23.4 Å². The van der Waals surface area contributed by atoms with Crippen LogP contribution in [0.15, 0.2) is 24.3 Å². The average molecular weight is 526 g/mol. The number of imide groups is 1. The number of nitrogens with zero attached hydrogens (tertiary/aromatic N) is 1. The van der Waals surface area contributed by atoms with Crippen molar-refractivity contribution in [2.45, 2.75) is 121 Å². The van der Waals surface area contributed by atoms with E-state index in [9.17, 15) is 19.2 Å². The van der Waals surface area contributed by atoms with E-state index in [1.165, 1.54) is 4.90 Å². The summed E-state index contributed by atoms with van der Waals surface area (Å²) >= 11 is 0. The van der Waals surface area contributed by atoms with E-state index in [4.69, 9.17) is 0 Å². The molecule has 0 aromatic heterocycles. The molecule has 0 radical (unpaired) electrons. The molecule has 1 aromatic carbocycles. The van der Waals surface area contributed by atoms with Gasteiger partial charge in [0.1, 0.15) is 5.78 Å². The number of carbonyl (C=O) groups is 4. The SMILES string of the molecule is CC(C)(C)CCC1(C(=O)C(C)(C)C)CC1.CC(C)CCC(C(=O)C(C)(C)C)N1C(=O)c2ccccc2C1=O. The second-order valence-electron chi connectivity index (χ2n) is 15.0. The van der Waals surface area contributed by atoms with Gasteiger partial charge in [-0.1, -0.05) is 88.3 Å². The molecule has 1 aliphatic heterocycles. The number of hydrogen-bond acceptors (Lipinski definition) is 4. The maximum Gasteiger partial charge on any atom is 0.262 e. The van der Waals surface area contributed by atoms with Crippen molar-refractivity contribution < 1.29 is 19.2 Å². The molecule has 0 N–H and O–H groups in total. The summed E-state index contributed by atoms with van der Waals surface area (Å²) in [7, 11) is 0. The smallest absolute Gasteiger partial charge is 0.262 e. The molecule has 0 bridgehead atoms. The fourth-order valence-corrected chi connectivity index (χ4v) is 5.01. The predicted octanol–water partition coefficient (Wildman–Crippen LogP) is 7.91. The van der Waals surface area contributed by atoms with E-state index in [0.717, 1.165) is 32.1 Å². The zero-order valence-electron chi connectivity index (χ0n) is 25.8. The Balaban J connectivity index is 0.000000293. The Hall–Kier alpha value is -2.30. The summed E-state index contributed by atoms with van der Waals surface area (Å²) in [5.74, 6) is 0.126.